The number of ether oxygens (including phenoxy) is 3. The average Bonchev–Trinajstić information content (AvgIpc) is 3.45. The first-order chi connectivity index (χ1) is 16.3. The number of benzene rings is 1. The summed E-state index contributed by atoms with van der Waals surface area (Å²) in [7, 11) is 1.63. The highest BCUT2D eigenvalue weighted by atomic mass is 16.5. The zero-order valence-electron chi connectivity index (χ0n) is 19.8. The first-order valence-corrected chi connectivity index (χ1v) is 11.3. The number of carbonyl (C=O) groups is 1. The van der Waals surface area contributed by atoms with E-state index in [0.717, 1.165) is 16.7 Å². The summed E-state index contributed by atoms with van der Waals surface area (Å²) >= 11 is 0. The highest BCUT2D eigenvalue weighted by molar-refractivity contribution is 5.88. The minimum Gasteiger partial charge on any atom is -0.496 e. The van der Waals surface area contributed by atoms with Crippen LogP contribution in [0.25, 0.3) is 28.1 Å². The Morgan fingerprint density at radius 2 is 2.09 bits per heavy atom. The van der Waals surface area contributed by atoms with E-state index in [1.165, 1.54) is 0 Å². The molecule has 0 saturated carbocycles. The molecule has 178 valence electrons. The van der Waals surface area contributed by atoms with Crippen LogP contribution in [-0.2, 0) is 9.53 Å². The lowest BCUT2D eigenvalue weighted by Gasteiger charge is -2.36. The third kappa shape index (κ3) is 4.19. The third-order valence-corrected chi connectivity index (χ3v) is 5.82. The van der Waals surface area contributed by atoms with Crippen molar-refractivity contribution in [2.45, 2.75) is 26.9 Å². The van der Waals surface area contributed by atoms with Gasteiger partial charge in [-0.1, -0.05) is 26.8 Å². The quantitative estimate of drug-likeness (QED) is 0.444. The maximum atomic E-state index is 12.6. The molecule has 1 aromatic carbocycles. The molecule has 0 unspecified atom stereocenters. The Kier molecular flexibility index (Phi) is 5.65. The first-order valence-electron chi connectivity index (χ1n) is 11.3. The van der Waals surface area contributed by atoms with Gasteiger partial charge in [-0.3, -0.25) is 4.79 Å². The van der Waals surface area contributed by atoms with Crippen molar-refractivity contribution in [2.75, 3.05) is 33.4 Å². The lowest BCUT2D eigenvalue weighted by Crippen LogP contribution is -2.50. The number of imidazole rings is 1. The summed E-state index contributed by atoms with van der Waals surface area (Å²) in [4.78, 5) is 18.9. The molecule has 4 aromatic rings. The summed E-state index contributed by atoms with van der Waals surface area (Å²) in [6.07, 6.45) is 1.50. The Hall–Kier alpha value is -3.59. The summed E-state index contributed by atoms with van der Waals surface area (Å²) < 4.78 is 24.9. The van der Waals surface area contributed by atoms with Gasteiger partial charge in [0.25, 0.3) is 0 Å². The summed E-state index contributed by atoms with van der Waals surface area (Å²) in [5.41, 5.74) is 1.68. The van der Waals surface area contributed by atoms with Gasteiger partial charge >= 0.3 is 0 Å². The van der Waals surface area contributed by atoms with Crippen molar-refractivity contribution >= 4 is 22.5 Å². The van der Waals surface area contributed by atoms with E-state index < -0.39 is 5.41 Å². The molecule has 0 N–H and O–H groups in total. The van der Waals surface area contributed by atoms with E-state index in [-0.39, 0.29) is 18.6 Å². The second kappa shape index (κ2) is 8.64. The molecule has 1 saturated heterocycles. The van der Waals surface area contributed by atoms with E-state index in [2.05, 4.69) is 10.1 Å². The van der Waals surface area contributed by atoms with E-state index in [9.17, 15) is 4.79 Å². The van der Waals surface area contributed by atoms with Crippen LogP contribution in [0.2, 0.25) is 0 Å². The normalized spacial score (nSPS) is 16.8. The van der Waals surface area contributed by atoms with Crippen molar-refractivity contribution in [3.63, 3.8) is 0 Å². The van der Waals surface area contributed by atoms with Crippen LogP contribution >= 0.6 is 0 Å². The maximum absolute atomic E-state index is 12.6. The van der Waals surface area contributed by atoms with Crippen LogP contribution in [-0.4, -0.2) is 64.9 Å². The molecule has 0 spiro atoms. The Balaban J connectivity index is 1.34. The molecule has 1 fully saturated rings. The van der Waals surface area contributed by atoms with Crippen LogP contribution in [0.15, 0.2) is 47.0 Å². The molecule has 0 radical (unpaired) electrons. The van der Waals surface area contributed by atoms with Crippen molar-refractivity contribution in [3.8, 4) is 23.1 Å². The molecule has 3 aromatic heterocycles. The van der Waals surface area contributed by atoms with Gasteiger partial charge in [0.15, 0.2) is 11.4 Å². The molecule has 5 rings (SSSR count). The molecule has 0 bridgehead atoms. The van der Waals surface area contributed by atoms with Gasteiger partial charge in [-0.25, -0.2) is 9.50 Å². The van der Waals surface area contributed by atoms with Crippen LogP contribution in [0, 0.1) is 5.41 Å². The number of hydrogen-bond donors (Lipinski definition) is 0. The SMILES string of the molecule is COc1cccc2oc(-c3cnc4ccc(OC[C@H]5CN(C(=O)C(C)(C)C)CCO5)nn34)cc12. The zero-order chi connectivity index (χ0) is 23.9. The van der Waals surface area contributed by atoms with Crippen molar-refractivity contribution < 1.29 is 23.4 Å². The number of fused-ring (bicyclic) bond motifs is 2. The number of amides is 1. The predicted molar refractivity (Wildman–Crippen MR) is 126 cm³/mol. The topological polar surface area (TPSA) is 91.3 Å². The van der Waals surface area contributed by atoms with Crippen molar-refractivity contribution in [1.82, 2.24) is 19.5 Å². The standard InChI is InChI=1S/C25H28N4O5/c1-25(2,3)24(30)28-10-11-32-16(14-28)15-33-23-9-8-22-26-13-18(29(22)27-23)21-12-17-19(31-4)6-5-7-20(17)34-21/h5-9,12-13,16H,10-11,14-15H2,1-4H3/t16-/m1/s1. The Morgan fingerprint density at radius 1 is 1.24 bits per heavy atom. The van der Waals surface area contributed by atoms with Crippen molar-refractivity contribution in [3.05, 3.63) is 42.6 Å². The number of methoxy groups -OCH3 is 1. The number of morpholine rings is 1. The molecular formula is C25H28N4O5. The molecule has 1 aliphatic heterocycles. The van der Waals surface area contributed by atoms with Crippen LogP contribution < -0.4 is 9.47 Å². The minimum absolute atomic E-state index is 0.117. The van der Waals surface area contributed by atoms with Gasteiger partial charge < -0.3 is 23.5 Å². The van der Waals surface area contributed by atoms with Crippen LogP contribution in [0.4, 0.5) is 0 Å². The number of rotatable bonds is 5. The lowest BCUT2D eigenvalue weighted by atomic mass is 9.94. The summed E-state index contributed by atoms with van der Waals surface area (Å²) in [5.74, 6) is 1.92. The third-order valence-electron chi connectivity index (χ3n) is 5.82. The highest BCUT2D eigenvalue weighted by Gasteiger charge is 2.31. The molecule has 9 nitrogen and oxygen atoms in total. The second-order valence-corrected chi connectivity index (χ2v) is 9.37. The van der Waals surface area contributed by atoms with E-state index in [0.29, 0.717) is 42.7 Å². The smallest absolute Gasteiger partial charge is 0.231 e. The largest absolute Gasteiger partial charge is 0.496 e. The fourth-order valence-corrected chi connectivity index (χ4v) is 4.10. The molecule has 1 aliphatic rings. The van der Waals surface area contributed by atoms with Gasteiger partial charge in [0.1, 0.15) is 29.7 Å². The van der Waals surface area contributed by atoms with Crippen LogP contribution in [0.3, 0.4) is 0 Å². The fourth-order valence-electron chi connectivity index (χ4n) is 4.10. The van der Waals surface area contributed by atoms with E-state index in [1.54, 1.807) is 23.9 Å². The number of carbonyl (C=O) groups excluding carboxylic acids is 1. The predicted octanol–water partition coefficient (Wildman–Crippen LogP) is 3.80. The van der Waals surface area contributed by atoms with Gasteiger partial charge in [0, 0.05) is 18.0 Å². The van der Waals surface area contributed by atoms with Gasteiger partial charge in [-0.15, -0.1) is 5.10 Å². The van der Waals surface area contributed by atoms with Crippen molar-refractivity contribution in [2.24, 2.45) is 5.41 Å². The number of nitrogens with zero attached hydrogens (tertiary/aromatic N) is 4. The Bertz CT molecular complexity index is 1340. The Labute approximate surface area is 197 Å². The molecular weight excluding hydrogens is 436 g/mol. The molecule has 0 aliphatic carbocycles. The maximum Gasteiger partial charge on any atom is 0.231 e. The van der Waals surface area contributed by atoms with Gasteiger partial charge in [-0.05, 0) is 24.3 Å². The van der Waals surface area contributed by atoms with Gasteiger partial charge in [0.2, 0.25) is 11.8 Å². The van der Waals surface area contributed by atoms with E-state index >= 15 is 0 Å². The number of aromatic nitrogens is 3. The highest BCUT2D eigenvalue weighted by Crippen LogP contribution is 2.33. The number of furan rings is 1. The lowest BCUT2D eigenvalue weighted by molar-refractivity contribution is -0.148. The molecule has 34 heavy (non-hydrogen) atoms. The minimum atomic E-state index is -0.423. The molecule has 4 heterocycles. The van der Waals surface area contributed by atoms with Crippen LogP contribution in [0.5, 0.6) is 11.6 Å². The average molecular weight is 465 g/mol. The molecule has 1 atom stereocenters. The molecule has 9 heteroatoms. The summed E-state index contributed by atoms with van der Waals surface area (Å²) in [6.45, 7) is 7.65. The monoisotopic (exact) mass is 464 g/mol. The zero-order valence-corrected chi connectivity index (χ0v) is 19.8. The van der Waals surface area contributed by atoms with E-state index in [4.69, 9.17) is 18.6 Å². The van der Waals surface area contributed by atoms with Crippen LogP contribution in [0.1, 0.15) is 20.8 Å². The second-order valence-electron chi connectivity index (χ2n) is 9.37. The first kappa shape index (κ1) is 22.2. The Morgan fingerprint density at radius 3 is 2.88 bits per heavy atom. The number of hydrogen-bond acceptors (Lipinski definition) is 7. The van der Waals surface area contributed by atoms with Crippen molar-refractivity contribution in [1.29, 1.82) is 0 Å². The van der Waals surface area contributed by atoms with Gasteiger partial charge in [0.05, 0.1) is 31.8 Å². The summed E-state index contributed by atoms with van der Waals surface area (Å²) in [5, 5.41) is 5.49. The summed E-state index contributed by atoms with van der Waals surface area (Å²) in [6, 6.07) is 11.2. The molecule has 1 amide bonds. The fraction of sp³-hybridized carbons (Fsp3) is 0.400. The van der Waals surface area contributed by atoms with E-state index in [1.807, 2.05) is 56.0 Å². The van der Waals surface area contributed by atoms with Gasteiger partial charge in [-0.2, -0.15) is 0 Å².